The average molecular weight is 228 g/mol. The number of rotatable bonds is 5. The van der Waals surface area contributed by atoms with E-state index in [4.69, 9.17) is 5.84 Å². The molecule has 1 saturated heterocycles. The fraction of sp³-hybridized carbons (Fsp3) is 1.00. The highest BCUT2D eigenvalue weighted by atomic mass is 15.3. The van der Waals surface area contributed by atoms with Crippen molar-refractivity contribution in [2.24, 2.45) is 11.8 Å². The number of nitrogens with zero attached hydrogens (tertiary/aromatic N) is 2. The van der Waals surface area contributed by atoms with E-state index in [9.17, 15) is 0 Å². The fourth-order valence-corrected chi connectivity index (χ4v) is 2.40. The number of nitrogens with two attached hydrogens (primary N) is 1. The molecule has 0 aromatic heterocycles. The van der Waals surface area contributed by atoms with E-state index in [1.165, 1.54) is 19.5 Å². The van der Waals surface area contributed by atoms with Crippen LogP contribution >= 0.6 is 0 Å². The van der Waals surface area contributed by atoms with E-state index in [0.29, 0.717) is 18.0 Å². The largest absolute Gasteiger partial charge is 0.304 e. The lowest BCUT2D eigenvalue weighted by Crippen LogP contribution is -2.53. The zero-order valence-corrected chi connectivity index (χ0v) is 11.2. The van der Waals surface area contributed by atoms with Gasteiger partial charge in [-0.25, -0.2) is 0 Å². The van der Waals surface area contributed by atoms with E-state index in [1.54, 1.807) is 0 Å². The lowest BCUT2D eigenvalue weighted by atomic mass is 9.92. The molecule has 1 rings (SSSR count). The first-order chi connectivity index (χ1) is 7.58. The Morgan fingerprint density at radius 2 is 2.06 bits per heavy atom. The highest BCUT2D eigenvalue weighted by molar-refractivity contribution is 4.84. The van der Waals surface area contributed by atoms with Crippen LogP contribution in [-0.2, 0) is 0 Å². The lowest BCUT2D eigenvalue weighted by Gasteiger charge is -2.40. The Morgan fingerprint density at radius 3 is 2.62 bits per heavy atom. The molecule has 0 aromatic carbocycles. The highest BCUT2D eigenvalue weighted by Gasteiger charge is 2.26. The second-order valence-corrected chi connectivity index (χ2v) is 5.29. The normalized spacial score (nSPS) is 27.9. The summed E-state index contributed by atoms with van der Waals surface area (Å²) in [6.45, 7) is 8.00. The maximum atomic E-state index is 5.66. The standard InChI is InChI=1S/C12H28N4/c1-5-10(2)12(14-13)8-11-9-15(3)6-7-16(11)4/h10-12,14H,5-9,13H2,1-4H3. The Balaban J connectivity index is 2.49. The molecule has 0 amide bonds. The molecule has 3 N–H and O–H groups in total. The molecule has 1 heterocycles. The van der Waals surface area contributed by atoms with Gasteiger partial charge in [0.1, 0.15) is 0 Å². The van der Waals surface area contributed by atoms with Crippen molar-refractivity contribution in [2.75, 3.05) is 33.7 Å². The Bertz CT molecular complexity index is 197. The van der Waals surface area contributed by atoms with Gasteiger partial charge in [0.2, 0.25) is 0 Å². The van der Waals surface area contributed by atoms with Crippen molar-refractivity contribution in [3.63, 3.8) is 0 Å². The van der Waals surface area contributed by atoms with Crippen molar-refractivity contribution < 1.29 is 0 Å². The molecule has 0 spiro atoms. The number of hydrazine groups is 1. The monoisotopic (exact) mass is 228 g/mol. The van der Waals surface area contributed by atoms with E-state index in [2.05, 4.69) is 43.2 Å². The molecule has 0 aromatic rings. The predicted molar refractivity (Wildman–Crippen MR) is 69.1 cm³/mol. The van der Waals surface area contributed by atoms with Gasteiger partial charge in [0.15, 0.2) is 0 Å². The lowest BCUT2D eigenvalue weighted by molar-refractivity contribution is 0.0950. The van der Waals surface area contributed by atoms with Crippen LogP contribution in [0.5, 0.6) is 0 Å². The van der Waals surface area contributed by atoms with Gasteiger partial charge in [0.05, 0.1) is 0 Å². The van der Waals surface area contributed by atoms with Crippen LogP contribution in [-0.4, -0.2) is 55.6 Å². The molecular weight excluding hydrogens is 200 g/mol. The van der Waals surface area contributed by atoms with Crippen LogP contribution in [0.4, 0.5) is 0 Å². The Kier molecular flexibility index (Phi) is 5.69. The number of nitrogens with one attached hydrogen (secondary N) is 1. The van der Waals surface area contributed by atoms with Crippen molar-refractivity contribution in [3.05, 3.63) is 0 Å². The summed E-state index contributed by atoms with van der Waals surface area (Å²) >= 11 is 0. The van der Waals surface area contributed by atoms with Gasteiger partial charge in [-0.05, 0) is 26.4 Å². The van der Waals surface area contributed by atoms with Crippen molar-refractivity contribution in [3.8, 4) is 0 Å². The third kappa shape index (κ3) is 3.70. The van der Waals surface area contributed by atoms with Crippen LogP contribution in [0.15, 0.2) is 0 Å². The fourth-order valence-electron chi connectivity index (χ4n) is 2.40. The second kappa shape index (κ2) is 6.55. The smallest absolute Gasteiger partial charge is 0.0251 e. The maximum Gasteiger partial charge on any atom is 0.0251 e. The molecule has 1 aliphatic rings. The van der Waals surface area contributed by atoms with Gasteiger partial charge in [-0.15, -0.1) is 0 Å². The van der Waals surface area contributed by atoms with Gasteiger partial charge < -0.3 is 9.80 Å². The first kappa shape index (κ1) is 13.9. The minimum absolute atomic E-state index is 0.434. The summed E-state index contributed by atoms with van der Waals surface area (Å²) in [7, 11) is 4.43. The molecular formula is C12H28N4. The maximum absolute atomic E-state index is 5.66. The minimum atomic E-state index is 0.434. The first-order valence-electron chi connectivity index (χ1n) is 6.43. The number of hydrogen-bond donors (Lipinski definition) is 2. The van der Waals surface area contributed by atoms with Crippen molar-refractivity contribution in [1.82, 2.24) is 15.2 Å². The molecule has 1 aliphatic heterocycles. The molecule has 0 bridgehead atoms. The molecule has 96 valence electrons. The quantitative estimate of drug-likeness (QED) is 0.531. The summed E-state index contributed by atoms with van der Waals surface area (Å²) in [5.41, 5.74) is 2.99. The van der Waals surface area contributed by atoms with Crippen molar-refractivity contribution in [2.45, 2.75) is 38.8 Å². The van der Waals surface area contributed by atoms with E-state index in [-0.39, 0.29) is 0 Å². The van der Waals surface area contributed by atoms with Gasteiger partial charge >= 0.3 is 0 Å². The van der Waals surface area contributed by atoms with E-state index >= 15 is 0 Å². The van der Waals surface area contributed by atoms with Crippen LogP contribution in [0.3, 0.4) is 0 Å². The van der Waals surface area contributed by atoms with Crippen molar-refractivity contribution in [1.29, 1.82) is 0 Å². The Hall–Kier alpha value is -0.160. The van der Waals surface area contributed by atoms with Gasteiger partial charge in [0.25, 0.3) is 0 Å². The zero-order chi connectivity index (χ0) is 12.1. The molecule has 4 heteroatoms. The predicted octanol–water partition coefficient (Wildman–Crippen LogP) is 0.500. The van der Waals surface area contributed by atoms with Gasteiger partial charge in [0, 0.05) is 31.7 Å². The highest BCUT2D eigenvalue weighted by Crippen LogP contribution is 2.17. The number of hydrogen-bond acceptors (Lipinski definition) is 4. The SMILES string of the molecule is CCC(C)C(CC1CN(C)CCN1C)NN. The third-order valence-corrected chi connectivity index (χ3v) is 4.05. The van der Waals surface area contributed by atoms with Gasteiger partial charge in [-0.1, -0.05) is 20.3 Å². The van der Waals surface area contributed by atoms with Crippen LogP contribution in [0.25, 0.3) is 0 Å². The van der Waals surface area contributed by atoms with Crippen LogP contribution < -0.4 is 11.3 Å². The molecule has 0 radical (unpaired) electrons. The molecule has 4 nitrogen and oxygen atoms in total. The summed E-state index contributed by atoms with van der Waals surface area (Å²) < 4.78 is 0. The van der Waals surface area contributed by atoms with Crippen LogP contribution in [0.1, 0.15) is 26.7 Å². The van der Waals surface area contributed by atoms with Gasteiger partial charge in [-0.2, -0.15) is 0 Å². The minimum Gasteiger partial charge on any atom is -0.304 e. The summed E-state index contributed by atoms with van der Waals surface area (Å²) in [6, 6.07) is 1.07. The van der Waals surface area contributed by atoms with E-state index in [1.807, 2.05) is 0 Å². The second-order valence-electron chi connectivity index (χ2n) is 5.29. The number of likely N-dealkylation sites (N-methyl/N-ethyl adjacent to an activating group) is 2. The molecule has 3 unspecified atom stereocenters. The van der Waals surface area contributed by atoms with Gasteiger partial charge in [-0.3, -0.25) is 11.3 Å². The molecule has 3 atom stereocenters. The molecule has 1 fully saturated rings. The van der Waals surface area contributed by atoms with Crippen LogP contribution in [0, 0.1) is 5.92 Å². The Morgan fingerprint density at radius 1 is 1.38 bits per heavy atom. The summed E-state index contributed by atoms with van der Waals surface area (Å²) in [5.74, 6) is 6.31. The molecule has 16 heavy (non-hydrogen) atoms. The molecule has 0 aliphatic carbocycles. The molecule has 0 saturated carbocycles. The number of piperazine rings is 1. The summed E-state index contributed by atoms with van der Waals surface area (Å²) in [4.78, 5) is 4.88. The van der Waals surface area contributed by atoms with Crippen molar-refractivity contribution >= 4 is 0 Å². The topological polar surface area (TPSA) is 44.5 Å². The first-order valence-corrected chi connectivity index (χ1v) is 6.43. The summed E-state index contributed by atoms with van der Waals surface area (Å²) in [6.07, 6.45) is 2.33. The van der Waals surface area contributed by atoms with E-state index in [0.717, 1.165) is 13.0 Å². The average Bonchev–Trinajstić information content (AvgIpc) is 2.29. The summed E-state index contributed by atoms with van der Waals surface area (Å²) in [5, 5.41) is 0. The van der Waals surface area contributed by atoms with Crippen LogP contribution in [0.2, 0.25) is 0 Å². The van der Waals surface area contributed by atoms with E-state index < -0.39 is 0 Å². The Labute approximate surface area is 100 Å². The zero-order valence-electron chi connectivity index (χ0n) is 11.2. The third-order valence-electron chi connectivity index (χ3n) is 4.05.